The summed E-state index contributed by atoms with van der Waals surface area (Å²) in [7, 11) is 0. The molecule has 3 nitrogen and oxygen atoms in total. The molecule has 0 aromatic heterocycles. The van der Waals surface area contributed by atoms with E-state index in [1.54, 1.807) is 24.3 Å². The molecule has 2 aromatic rings. The van der Waals surface area contributed by atoms with E-state index in [1.165, 1.54) is 6.07 Å². The lowest BCUT2D eigenvalue weighted by atomic mass is 10.1. The van der Waals surface area contributed by atoms with Crippen LogP contribution in [0.15, 0.2) is 34.8 Å². The number of carboxylic acids is 1. The number of aromatic carboxylic acids is 1. The quantitative estimate of drug-likeness (QED) is 0.679. The predicted octanol–water partition coefficient (Wildman–Crippen LogP) is 5.72. The molecule has 110 valence electrons. The van der Waals surface area contributed by atoms with Crippen LogP contribution >= 0.6 is 50.7 Å². The van der Waals surface area contributed by atoms with E-state index in [9.17, 15) is 4.79 Å². The van der Waals surface area contributed by atoms with E-state index in [2.05, 4.69) is 21.2 Å². The highest BCUT2D eigenvalue weighted by Crippen LogP contribution is 2.34. The van der Waals surface area contributed by atoms with Gasteiger partial charge in [-0.15, -0.1) is 0 Å². The van der Waals surface area contributed by atoms with Gasteiger partial charge < -0.3 is 10.4 Å². The van der Waals surface area contributed by atoms with Crippen LogP contribution in [0.25, 0.3) is 0 Å². The van der Waals surface area contributed by atoms with Gasteiger partial charge >= 0.3 is 5.97 Å². The smallest absolute Gasteiger partial charge is 0.335 e. The van der Waals surface area contributed by atoms with E-state index < -0.39 is 5.97 Å². The summed E-state index contributed by atoms with van der Waals surface area (Å²) in [5.74, 6) is -0.973. The standard InChI is InChI=1S/C14H9BrCl3NO2/c15-10-3-7(14(20)21)1-2-8(10)6-19-13-11(17)4-9(16)5-12(13)18/h1-5,19H,6H2,(H,20,21). The van der Waals surface area contributed by atoms with Crippen molar-refractivity contribution < 1.29 is 9.90 Å². The van der Waals surface area contributed by atoms with Crippen LogP contribution in [0.5, 0.6) is 0 Å². The number of hydrogen-bond donors (Lipinski definition) is 2. The molecule has 2 rings (SSSR count). The first-order valence-corrected chi connectivity index (χ1v) is 7.71. The summed E-state index contributed by atoms with van der Waals surface area (Å²) in [6.45, 7) is 0.432. The van der Waals surface area contributed by atoms with Crippen LogP contribution in [0.3, 0.4) is 0 Å². The molecule has 0 radical (unpaired) electrons. The topological polar surface area (TPSA) is 49.3 Å². The van der Waals surface area contributed by atoms with Crippen molar-refractivity contribution in [2.45, 2.75) is 6.54 Å². The normalized spacial score (nSPS) is 10.5. The molecule has 2 N–H and O–H groups in total. The molecule has 0 saturated heterocycles. The van der Waals surface area contributed by atoms with E-state index in [0.29, 0.717) is 31.8 Å². The summed E-state index contributed by atoms with van der Waals surface area (Å²) < 4.78 is 0.691. The highest BCUT2D eigenvalue weighted by Gasteiger charge is 2.10. The van der Waals surface area contributed by atoms with Crippen molar-refractivity contribution in [3.05, 3.63) is 61.0 Å². The first-order valence-electron chi connectivity index (χ1n) is 5.78. The molecule has 0 atom stereocenters. The third kappa shape index (κ3) is 4.04. The van der Waals surface area contributed by atoms with E-state index in [0.717, 1.165) is 5.56 Å². The fraction of sp³-hybridized carbons (Fsp3) is 0.0714. The van der Waals surface area contributed by atoms with Crippen LogP contribution in [0.4, 0.5) is 5.69 Å². The van der Waals surface area contributed by atoms with Crippen LogP contribution in [0.1, 0.15) is 15.9 Å². The highest BCUT2D eigenvalue weighted by atomic mass is 79.9. The van der Waals surface area contributed by atoms with Gasteiger partial charge in [-0.2, -0.15) is 0 Å². The van der Waals surface area contributed by atoms with Crippen molar-refractivity contribution in [1.82, 2.24) is 0 Å². The second kappa shape index (κ2) is 6.88. The van der Waals surface area contributed by atoms with Gasteiger partial charge in [-0.1, -0.05) is 56.8 Å². The summed E-state index contributed by atoms with van der Waals surface area (Å²) in [6, 6.07) is 8.00. The van der Waals surface area contributed by atoms with Gasteiger partial charge in [-0.3, -0.25) is 0 Å². The maximum absolute atomic E-state index is 10.9. The van der Waals surface area contributed by atoms with Gasteiger partial charge in [0.25, 0.3) is 0 Å². The number of carboxylic acid groups (broad SMARTS) is 1. The molecule has 0 aliphatic heterocycles. The van der Waals surface area contributed by atoms with Gasteiger partial charge in [0.15, 0.2) is 0 Å². The first kappa shape index (κ1) is 16.4. The average Bonchev–Trinajstić information content (AvgIpc) is 2.38. The molecule has 0 bridgehead atoms. The molecule has 0 spiro atoms. The van der Waals surface area contributed by atoms with Crippen molar-refractivity contribution in [2.75, 3.05) is 5.32 Å². The number of rotatable bonds is 4. The summed E-state index contributed by atoms with van der Waals surface area (Å²) in [5.41, 5.74) is 1.67. The Morgan fingerprint density at radius 2 is 1.76 bits per heavy atom. The Balaban J connectivity index is 2.19. The van der Waals surface area contributed by atoms with Crippen molar-refractivity contribution >= 4 is 62.4 Å². The zero-order valence-electron chi connectivity index (χ0n) is 10.5. The first-order chi connectivity index (χ1) is 9.88. The molecule has 0 saturated carbocycles. The minimum Gasteiger partial charge on any atom is -0.478 e. The number of nitrogens with one attached hydrogen (secondary N) is 1. The van der Waals surface area contributed by atoms with Gasteiger partial charge in [0.05, 0.1) is 21.3 Å². The molecule has 2 aromatic carbocycles. The summed E-state index contributed by atoms with van der Waals surface area (Å²) >= 11 is 21.4. The Bertz CT molecular complexity index is 684. The maximum atomic E-state index is 10.9. The van der Waals surface area contributed by atoms with Gasteiger partial charge in [-0.25, -0.2) is 4.79 Å². The molecular weight excluding hydrogens is 400 g/mol. The Kier molecular flexibility index (Phi) is 5.38. The average molecular weight is 409 g/mol. The number of halogens is 4. The van der Waals surface area contributed by atoms with Crippen LogP contribution in [0, 0.1) is 0 Å². The van der Waals surface area contributed by atoms with E-state index >= 15 is 0 Å². The Hall–Kier alpha value is -0.940. The van der Waals surface area contributed by atoms with Gasteiger partial charge in [-0.05, 0) is 29.8 Å². The molecule has 0 unspecified atom stereocenters. The van der Waals surface area contributed by atoms with Crippen molar-refractivity contribution in [3.63, 3.8) is 0 Å². The van der Waals surface area contributed by atoms with E-state index in [-0.39, 0.29) is 5.56 Å². The zero-order chi connectivity index (χ0) is 15.6. The van der Waals surface area contributed by atoms with Crippen LogP contribution in [0.2, 0.25) is 15.1 Å². The molecule has 0 aliphatic rings. The number of carbonyl (C=O) groups is 1. The molecule has 0 amide bonds. The lowest BCUT2D eigenvalue weighted by Crippen LogP contribution is -2.03. The SMILES string of the molecule is O=C(O)c1ccc(CNc2c(Cl)cc(Cl)cc2Cl)c(Br)c1. The van der Waals surface area contributed by atoms with E-state index in [4.69, 9.17) is 39.9 Å². The van der Waals surface area contributed by atoms with Gasteiger partial charge in [0.2, 0.25) is 0 Å². The van der Waals surface area contributed by atoms with Crippen molar-refractivity contribution in [2.24, 2.45) is 0 Å². The number of benzene rings is 2. The molecule has 0 aliphatic carbocycles. The molecule has 7 heteroatoms. The van der Waals surface area contributed by atoms with Crippen molar-refractivity contribution in [3.8, 4) is 0 Å². The highest BCUT2D eigenvalue weighted by molar-refractivity contribution is 9.10. The Morgan fingerprint density at radius 3 is 2.29 bits per heavy atom. The molecule has 0 heterocycles. The van der Waals surface area contributed by atoms with Crippen molar-refractivity contribution in [1.29, 1.82) is 0 Å². The molecular formula is C14H9BrCl3NO2. The fourth-order valence-electron chi connectivity index (χ4n) is 1.72. The van der Waals surface area contributed by atoms with Crippen LogP contribution in [-0.4, -0.2) is 11.1 Å². The lowest BCUT2D eigenvalue weighted by Gasteiger charge is -2.12. The van der Waals surface area contributed by atoms with Gasteiger partial charge in [0, 0.05) is 16.0 Å². The van der Waals surface area contributed by atoms with E-state index in [1.807, 2.05) is 0 Å². The largest absolute Gasteiger partial charge is 0.478 e. The third-order valence-electron chi connectivity index (χ3n) is 2.76. The molecule has 21 heavy (non-hydrogen) atoms. The minimum atomic E-state index is -0.973. The van der Waals surface area contributed by atoms with Gasteiger partial charge in [0.1, 0.15) is 0 Å². The second-order valence-electron chi connectivity index (χ2n) is 4.21. The zero-order valence-corrected chi connectivity index (χ0v) is 14.3. The van der Waals surface area contributed by atoms with Crippen LogP contribution < -0.4 is 5.32 Å². The monoisotopic (exact) mass is 407 g/mol. The summed E-state index contributed by atoms with van der Waals surface area (Å²) in [4.78, 5) is 10.9. The number of hydrogen-bond acceptors (Lipinski definition) is 2. The van der Waals surface area contributed by atoms with Crippen LogP contribution in [-0.2, 0) is 6.54 Å². The third-order valence-corrected chi connectivity index (χ3v) is 4.32. The number of anilines is 1. The predicted molar refractivity (Wildman–Crippen MR) is 89.9 cm³/mol. The summed E-state index contributed by atoms with van der Waals surface area (Å²) in [5, 5.41) is 13.3. The molecule has 0 fully saturated rings. The maximum Gasteiger partial charge on any atom is 0.335 e. The minimum absolute atomic E-state index is 0.216. The lowest BCUT2D eigenvalue weighted by molar-refractivity contribution is 0.0697. The summed E-state index contributed by atoms with van der Waals surface area (Å²) in [6.07, 6.45) is 0. The Morgan fingerprint density at radius 1 is 1.14 bits per heavy atom. The Labute approximate surface area is 145 Å². The second-order valence-corrected chi connectivity index (χ2v) is 6.31. The fourth-order valence-corrected chi connectivity index (χ4v) is 3.19.